The highest BCUT2D eigenvalue weighted by Crippen LogP contribution is 2.30. The van der Waals surface area contributed by atoms with Gasteiger partial charge in [0.1, 0.15) is 11.8 Å². The first kappa shape index (κ1) is 24.3. The first-order valence-electron chi connectivity index (χ1n) is 11.4. The van der Waals surface area contributed by atoms with E-state index in [2.05, 4.69) is 14.7 Å². The maximum Gasteiger partial charge on any atom is 0.387 e. The highest BCUT2D eigenvalue weighted by molar-refractivity contribution is 7.89. The quantitative estimate of drug-likeness (QED) is 0.475. The number of morpholine rings is 1. The van der Waals surface area contributed by atoms with Crippen molar-refractivity contribution < 1.29 is 31.5 Å². The fourth-order valence-corrected chi connectivity index (χ4v) is 5.63. The van der Waals surface area contributed by atoms with Crippen molar-refractivity contribution in [2.24, 2.45) is 0 Å². The highest BCUT2D eigenvalue weighted by Gasteiger charge is 2.36. The number of amides is 1. The van der Waals surface area contributed by atoms with Gasteiger partial charge in [-0.2, -0.15) is 26.4 Å². The molecule has 5 rings (SSSR count). The van der Waals surface area contributed by atoms with Crippen LogP contribution in [0.3, 0.4) is 0 Å². The summed E-state index contributed by atoms with van der Waals surface area (Å²) in [5, 5.41) is 4.24. The SMILES string of the molecule is O=C([C@H](c1ccccc1)N1CCOCC1)N1Cc2cn(S(=O)(=O)c3ccc(OC(F)F)cc3)nc2C1. The molecule has 0 N–H and O–H groups in total. The molecular weight excluding hydrogens is 494 g/mol. The van der Waals surface area contributed by atoms with Crippen molar-refractivity contribution in [2.75, 3.05) is 26.3 Å². The number of aromatic nitrogens is 2. The Bertz CT molecular complexity index is 1300. The van der Waals surface area contributed by atoms with E-state index < -0.39 is 22.7 Å². The summed E-state index contributed by atoms with van der Waals surface area (Å²) < 4.78 is 61.3. The Morgan fingerprint density at radius 1 is 1.00 bits per heavy atom. The van der Waals surface area contributed by atoms with E-state index in [4.69, 9.17) is 4.74 Å². The average molecular weight is 519 g/mol. The van der Waals surface area contributed by atoms with Crippen LogP contribution in [0, 0.1) is 0 Å². The molecule has 0 saturated carbocycles. The smallest absolute Gasteiger partial charge is 0.387 e. The average Bonchev–Trinajstić information content (AvgIpc) is 3.46. The number of alkyl halides is 2. The largest absolute Gasteiger partial charge is 0.435 e. The van der Waals surface area contributed by atoms with Crippen LogP contribution in [0.2, 0.25) is 0 Å². The van der Waals surface area contributed by atoms with Crippen molar-refractivity contribution >= 4 is 15.9 Å². The molecule has 2 aliphatic heterocycles. The van der Waals surface area contributed by atoms with Crippen LogP contribution in [0.4, 0.5) is 8.78 Å². The van der Waals surface area contributed by atoms with Gasteiger partial charge >= 0.3 is 6.61 Å². The standard InChI is InChI=1S/C24H24F2N4O5S/c25-24(26)35-19-6-8-20(9-7-19)36(32,33)30-15-18-14-29(16-21(18)27-30)23(31)22(17-4-2-1-3-5-17)28-10-12-34-13-11-28/h1-9,15,22,24H,10-14,16H2/t22-/m0/s1. The third-order valence-corrected chi connectivity index (χ3v) is 7.77. The van der Waals surface area contributed by atoms with Crippen molar-refractivity contribution in [1.29, 1.82) is 0 Å². The summed E-state index contributed by atoms with van der Waals surface area (Å²) >= 11 is 0. The van der Waals surface area contributed by atoms with Crippen molar-refractivity contribution in [3.63, 3.8) is 0 Å². The van der Waals surface area contributed by atoms with Crippen LogP contribution in [0.1, 0.15) is 22.9 Å². The Balaban J connectivity index is 1.33. The molecular formula is C24H24F2N4O5S. The lowest BCUT2D eigenvalue weighted by Gasteiger charge is -2.35. The first-order chi connectivity index (χ1) is 17.3. The van der Waals surface area contributed by atoms with Gasteiger partial charge in [-0.1, -0.05) is 30.3 Å². The van der Waals surface area contributed by atoms with Crippen LogP contribution in [-0.2, 0) is 32.6 Å². The molecule has 3 heterocycles. The third kappa shape index (κ3) is 4.84. The maximum atomic E-state index is 13.6. The van der Waals surface area contributed by atoms with Gasteiger partial charge in [-0.3, -0.25) is 9.69 Å². The molecule has 1 aromatic heterocycles. The van der Waals surface area contributed by atoms with Gasteiger partial charge < -0.3 is 14.4 Å². The van der Waals surface area contributed by atoms with Gasteiger partial charge in [0.15, 0.2) is 0 Å². The van der Waals surface area contributed by atoms with Crippen molar-refractivity contribution in [3.05, 3.63) is 77.6 Å². The van der Waals surface area contributed by atoms with Gasteiger partial charge in [0.05, 0.1) is 30.3 Å². The van der Waals surface area contributed by atoms with E-state index in [0.717, 1.165) is 21.8 Å². The van der Waals surface area contributed by atoms with Gasteiger partial charge in [0.25, 0.3) is 10.0 Å². The molecule has 0 aliphatic carbocycles. The van der Waals surface area contributed by atoms with Crippen molar-refractivity contribution in [2.45, 2.75) is 30.6 Å². The van der Waals surface area contributed by atoms with E-state index in [1.54, 1.807) is 4.90 Å². The maximum absolute atomic E-state index is 13.6. The van der Waals surface area contributed by atoms with Crippen LogP contribution in [0.5, 0.6) is 5.75 Å². The molecule has 0 radical (unpaired) electrons. The molecule has 1 amide bonds. The molecule has 2 aromatic carbocycles. The minimum atomic E-state index is -4.04. The number of benzene rings is 2. The topological polar surface area (TPSA) is 94.0 Å². The zero-order valence-corrected chi connectivity index (χ0v) is 20.0. The van der Waals surface area contributed by atoms with Crippen LogP contribution >= 0.6 is 0 Å². The Hall–Kier alpha value is -3.35. The van der Waals surface area contributed by atoms with E-state index in [-0.39, 0.29) is 29.6 Å². The van der Waals surface area contributed by atoms with Crippen molar-refractivity contribution in [1.82, 2.24) is 19.0 Å². The summed E-state index contributed by atoms with van der Waals surface area (Å²) in [6, 6.07) is 13.8. The molecule has 1 saturated heterocycles. The lowest BCUT2D eigenvalue weighted by Crippen LogP contribution is -2.46. The number of hydrogen-bond acceptors (Lipinski definition) is 7. The first-order valence-corrected chi connectivity index (χ1v) is 12.8. The van der Waals surface area contributed by atoms with Crippen LogP contribution in [0.25, 0.3) is 0 Å². The molecule has 2 aliphatic rings. The normalized spacial score (nSPS) is 17.2. The number of rotatable bonds is 7. The monoisotopic (exact) mass is 518 g/mol. The zero-order valence-electron chi connectivity index (χ0n) is 19.2. The summed E-state index contributed by atoms with van der Waals surface area (Å²) in [4.78, 5) is 17.3. The van der Waals surface area contributed by atoms with E-state index in [9.17, 15) is 22.0 Å². The van der Waals surface area contributed by atoms with Crippen LogP contribution in [-0.4, -0.2) is 66.2 Å². The predicted molar refractivity (Wildman–Crippen MR) is 124 cm³/mol. The minimum Gasteiger partial charge on any atom is -0.435 e. The fraction of sp³-hybridized carbons (Fsp3) is 0.333. The zero-order chi connectivity index (χ0) is 25.3. The number of halogens is 2. The molecule has 1 fully saturated rings. The van der Waals surface area contributed by atoms with E-state index >= 15 is 0 Å². The van der Waals surface area contributed by atoms with Crippen LogP contribution < -0.4 is 4.74 Å². The summed E-state index contributed by atoms with van der Waals surface area (Å²) in [6.45, 7) is -0.208. The van der Waals surface area contributed by atoms with Gasteiger partial charge in [-0.25, -0.2) is 0 Å². The second-order valence-corrected chi connectivity index (χ2v) is 10.3. The van der Waals surface area contributed by atoms with Gasteiger partial charge in [-0.15, -0.1) is 0 Å². The second kappa shape index (κ2) is 9.96. The summed E-state index contributed by atoms with van der Waals surface area (Å²) in [7, 11) is -4.04. The van der Waals surface area contributed by atoms with Gasteiger partial charge in [-0.05, 0) is 29.8 Å². The van der Waals surface area contributed by atoms with E-state index in [0.29, 0.717) is 37.6 Å². The number of ether oxygens (including phenoxy) is 2. The Labute approximate surface area is 206 Å². The third-order valence-electron chi connectivity index (χ3n) is 6.22. The molecule has 12 heteroatoms. The molecule has 190 valence electrons. The summed E-state index contributed by atoms with van der Waals surface area (Å²) in [5.41, 5.74) is 2.03. The van der Waals surface area contributed by atoms with Crippen molar-refractivity contribution in [3.8, 4) is 5.75 Å². The van der Waals surface area contributed by atoms with Gasteiger partial charge in [0, 0.05) is 31.4 Å². The van der Waals surface area contributed by atoms with Gasteiger partial charge in [0.2, 0.25) is 5.91 Å². The summed E-state index contributed by atoms with van der Waals surface area (Å²) in [6.07, 6.45) is 1.40. The number of carbonyl (C=O) groups excluding carboxylic acids is 1. The molecule has 3 aromatic rings. The fourth-order valence-electron chi connectivity index (χ4n) is 4.46. The molecule has 36 heavy (non-hydrogen) atoms. The predicted octanol–water partition coefficient (Wildman–Crippen LogP) is 2.64. The number of hydrogen-bond donors (Lipinski definition) is 0. The van der Waals surface area contributed by atoms with E-state index in [1.165, 1.54) is 18.3 Å². The number of fused-ring (bicyclic) bond motifs is 1. The highest BCUT2D eigenvalue weighted by atomic mass is 32.2. The van der Waals surface area contributed by atoms with E-state index in [1.807, 2.05) is 30.3 Å². The lowest BCUT2D eigenvalue weighted by molar-refractivity contribution is -0.139. The number of nitrogens with zero attached hydrogens (tertiary/aromatic N) is 4. The molecule has 0 bridgehead atoms. The Morgan fingerprint density at radius 2 is 1.69 bits per heavy atom. The second-order valence-electron chi connectivity index (χ2n) is 8.48. The Morgan fingerprint density at radius 3 is 2.33 bits per heavy atom. The molecule has 0 spiro atoms. The minimum absolute atomic E-state index is 0.0786. The molecule has 1 atom stereocenters. The molecule has 0 unspecified atom stereocenters. The van der Waals surface area contributed by atoms with Crippen LogP contribution in [0.15, 0.2) is 65.7 Å². The molecule has 9 nitrogen and oxygen atoms in total. The lowest BCUT2D eigenvalue weighted by atomic mass is 10.0. The Kier molecular flexibility index (Phi) is 6.73. The number of carbonyl (C=O) groups is 1. The summed E-state index contributed by atoms with van der Waals surface area (Å²) in [5.74, 6) is -0.223.